The van der Waals surface area contributed by atoms with E-state index in [1.165, 1.54) is 48.8 Å². The highest BCUT2D eigenvalue weighted by Gasteiger charge is 2.21. The topological polar surface area (TPSA) is 35.5 Å². The van der Waals surface area contributed by atoms with Crippen molar-refractivity contribution in [2.75, 3.05) is 14.2 Å². The Morgan fingerprint density at radius 2 is 1.83 bits per heavy atom. The summed E-state index contributed by atoms with van der Waals surface area (Å²) in [6.45, 7) is 6.58. The Morgan fingerprint density at radius 1 is 1.10 bits per heavy atom. The number of rotatable bonds is 8. The summed E-state index contributed by atoms with van der Waals surface area (Å²) in [4.78, 5) is 13.8. The third-order valence-corrected chi connectivity index (χ3v) is 6.76. The molecule has 2 atom stereocenters. The molecule has 3 nitrogen and oxygen atoms in total. The van der Waals surface area contributed by atoms with Gasteiger partial charge in [-0.1, -0.05) is 43.0 Å². The zero-order valence-corrected chi connectivity index (χ0v) is 19.1. The average molecular weight is 425 g/mol. The molecule has 0 bridgehead atoms. The van der Waals surface area contributed by atoms with E-state index in [0.717, 1.165) is 34.5 Å². The van der Waals surface area contributed by atoms with Crippen LogP contribution in [-0.4, -0.2) is 20.2 Å². The lowest BCUT2D eigenvalue weighted by Crippen LogP contribution is -2.15. The molecule has 1 aliphatic rings. The van der Waals surface area contributed by atoms with Gasteiger partial charge in [0.25, 0.3) is 0 Å². The van der Waals surface area contributed by atoms with Gasteiger partial charge in [0.2, 0.25) is 0 Å². The summed E-state index contributed by atoms with van der Waals surface area (Å²) in [6, 6.07) is 14.5. The highest BCUT2D eigenvalue weighted by molar-refractivity contribution is 7.99. The number of hydrogen-bond donors (Lipinski definition) is 0. The maximum Gasteiger partial charge on any atom is 0.309 e. The molecule has 0 aromatic heterocycles. The van der Waals surface area contributed by atoms with Gasteiger partial charge in [-0.2, -0.15) is 0 Å². The van der Waals surface area contributed by atoms with Crippen LogP contribution in [-0.2, 0) is 22.4 Å². The monoisotopic (exact) mass is 424 g/mol. The highest BCUT2D eigenvalue weighted by Crippen LogP contribution is 2.36. The van der Waals surface area contributed by atoms with Gasteiger partial charge in [0.1, 0.15) is 5.75 Å². The van der Waals surface area contributed by atoms with Crippen molar-refractivity contribution in [3.8, 4) is 5.75 Å². The van der Waals surface area contributed by atoms with Crippen LogP contribution in [0.3, 0.4) is 0 Å². The van der Waals surface area contributed by atoms with E-state index < -0.39 is 0 Å². The van der Waals surface area contributed by atoms with Crippen LogP contribution >= 0.6 is 11.8 Å². The SMILES string of the molecule is C=C1CC(C)CC(CCc2cc(Sc3ccc(CC(=O)OC)cc3)ccc2OC)C1. The molecule has 0 spiro atoms. The normalized spacial score (nSPS) is 18.8. The van der Waals surface area contributed by atoms with Crippen LogP contribution in [0.1, 0.15) is 43.7 Å². The summed E-state index contributed by atoms with van der Waals surface area (Å²) in [5, 5.41) is 0. The second kappa shape index (κ2) is 10.7. The van der Waals surface area contributed by atoms with Gasteiger partial charge in [-0.3, -0.25) is 4.79 Å². The molecular formula is C26H32O3S. The number of methoxy groups -OCH3 is 2. The maximum absolute atomic E-state index is 11.4. The number of esters is 1. The number of hydrogen-bond acceptors (Lipinski definition) is 4. The summed E-state index contributed by atoms with van der Waals surface area (Å²) in [5.74, 6) is 2.23. The van der Waals surface area contributed by atoms with Gasteiger partial charge in [0, 0.05) is 9.79 Å². The van der Waals surface area contributed by atoms with Gasteiger partial charge in [-0.15, -0.1) is 0 Å². The van der Waals surface area contributed by atoms with Crippen LogP contribution in [0, 0.1) is 11.8 Å². The first-order chi connectivity index (χ1) is 14.5. The predicted octanol–water partition coefficient (Wildman–Crippen LogP) is 6.49. The van der Waals surface area contributed by atoms with Crippen molar-refractivity contribution in [1.82, 2.24) is 0 Å². The molecule has 0 amide bonds. The van der Waals surface area contributed by atoms with Gasteiger partial charge in [0.15, 0.2) is 0 Å². The molecule has 0 aliphatic heterocycles. The number of allylic oxidation sites excluding steroid dienone is 1. The first kappa shape index (κ1) is 22.5. The molecule has 2 aromatic rings. The lowest BCUT2D eigenvalue weighted by molar-refractivity contribution is -0.139. The Kier molecular flexibility index (Phi) is 8.03. The van der Waals surface area contributed by atoms with Crippen LogP contribution in [0.25, 0.3) is 0 Å². The lowest BCUT2D eigenvalue weighted by atomic mass is 9.77. The fourth-order valence-electron chi connectivity index (χ4n) is 4.36. The van der Waals surface area contributed by atoms with Crippen molar-refractivity contribution in [2.45, 2.75) is 55.2 Å². The number of carbonyl (C=O) groups excluding carboxylic acids is 1. The van der Waals surface area contributed by atoms with Crippen LogP contribution in [0.2, 0.25) is 0 Å². The molecule has 0 radical (unpaired) electrons. The fourth-order valence-corrected chi connectivity index (χ4v) is 5.25. The Balaban J connectivity index is 1.65. The summed E-state index contributed by atoms with van der Waals surface area (Å²) in [6.07, 6.45) is 6.16. The number of benzene rings is 2. The smallest absolute Gasteiger partial charge is 0.309 e. The van der Waals surface area contributed by atoms with Gasteiger partial charge < -0.3 is 9.47 Å². The Hall–Kier alpha value is -2.20. The molecule has 0 heterocycles. The second-order valence-corrected chi connectivity index (χ2v) is 9.52. The number of ether oxygens (including phenoxy) is 2. The first-order valence-electron chi connectivity index (χ1n) is 10.6. The Morgan fingerprint density at radius 3 is 2.50 bits per heavy atom. The quantitative estimate of drug-likeness (QED) is 0.358. The van der Waals surface area contributed by atoms with Crippen LogP contribution in [0.4, 0.5) is 0 Å². The first-order valence-corrected chi connectivity index (χ1v) is 11.5. The van der Waals surface area contributed by atoms with Crippen LogP contribution in [0.5, 0.6) is 5.75 Å². The van der Waals surface area contributed by atoms with E-state index in [9.17, 15) is 4.79 Å². The molecule has 160 valence electrons. The van der Waals surface area contributed by atoms with Gasteiger partial charge in [-0.05, 0) is 85.4 Å². The fraction of sp³-hybridized carbons (Fsp3) is 0.423. The number of aryl methyl sites for hydroxylation is 1. The van der Waals surface area contributed by atoms with Crippen molar-refractivity contribution < 1.29 is 14.3 Å². The van der Waals surface area contributed by atoms with E-state index in [1.54, 1.807) is 18.9 Å². The Labute approximate surface area is 184 Å². The highest BCUT2D eigenvalue weighted by atomic mass is 32.2. The second-order valence-electron chi connectivity index (χ2n) is 8.38. The zero-order valence-electron chi connectivity index (χ0n) is 18.3. The molecule has 2 unspecified atom stereocenters. The van der Waals surface area contributed by atoms with Crippen molar-refractivity contribution in [3.63, 3.8) is 0 Å². The summed E-state index contributed by atoms with van der Waals surface area (Å²) < 4.78 is 10.4. The molecule has 4 heteroatoms. The summed E-state index contributed by atoms with van der Waals surface area (Å²) in [5.41, 5.74) is 3.64. The molecular weight excluding hydrogens is 392 g/mol. The van der Waals surface area contributed by atoms with Crippen molar-refractivity contribution in [2.24, 2.45) is 11.8 Å². The van der Waals surface area contributed by atoms with Crippen molar-refractivity contribution >= 4 is 17.7 Å². The van der Waals surface area contributed by atoms with Crippen molar-refractivity contribution in [1.29, 1.82) is 0 Å². The predicted molar refractivity (Wildman–Crippen MR) is 123 cm³/mol. The third-order valence-electron chi connectivity index (χ3n) is 5.76. The minimum atomic E-state index is -0.217. The van der Waals surface area contributed by atoms with E-state index >= 15 is 0 Å². The van der Waals surface area contributed by atoms with E-state index in [4.69, 9.17) is 9.47 Å². The minimum Gasteiger partial charge on any atom is -0.496 e. The third kappa shape index (κ3) is 6.40. The van der Waals surface area contributed by atoms with E-state index in [1.807, 2.05) is 12.1 Å². The molecule has 1 fully saturated rings. The Bertz CT molecular complexity index is 872. The van der Waals surface area contributed by atoms with Gasteiger partial charge in [0.05, 0.1) is 20.6 Å². The molecule has 0 saturated heterocycles. The van der Waals surface area contributed by atoms with Gasteiger partial charge >= 0.3 is 5.97 Å². The molecule has 1 aliphatic carbocycles. The molecule has 30 heavy (non-hydrogen) atoms. The molecule has 2 aromatic carbocycles. The number of carbonyl (C=O) groups is 1. The standard InChI is InChI=1S/C26H32O3S/c1-18-13-19(2)15-21(14-18)5-8-22-17-24(11-12-25(22)28-3)30-23-9-6-20(7-10-23)16-26(27)29-4/h6-7,9-12,17,19,21H,1,5,8,13-16H2,2-4H3. The van der Waals surface area contributed by atoms with E-state index in [0.29, 0.717) is 6.42 Å². The summed E-state index contributed by atoms with van der Waals surface area (Å²) >= 11 is 1.73. The van der Waals surface area contributed by atoms with E-state index in [-0.39, 0.29) is 5.97 Å². The average Bonchev–Trinajstić information content (AvgIpc) is 2.73. The van der Waals surface area contributed by atoms with Gasteiger partial charge in [-0.25, -0.2) is 0 Å². The lowest BCUT2D eigenvalue weighted by Gasteiger charge is -2.28. The van der Waals surface area contributed by atoms with Crippen LogP contribution in [0.15, 0.2) is 64.4 Å². The van der Waals surface area contributed by atoms with Crippen LogP contribution < -0.4 is 4.74 Å². The molecule has 1 saturated carbocycles. The summed E-state index contributed by atoms with van der Waals surface area (Å²) in [7, 11) is 3.16. The zero-order chi connectivity index (χ0) is 21.5. The van der Waals surface area contributed by atoms with Crippen molar-refractivity contribution in [3.05, 3.63) is 65.7 Å². The largest absolute Gasteiger partial charge is 0.496 e. The van der Waals surface area contributed by atoms with E-state index in [2.05, 4.69) is 43.8 Å². The maximum atomic E-state index is 11.4. The molecule has 0 N–H and O–H groups in total. The minimum absolute atomic E-state index is 0.217. The molecule has 3 rings (SSSR count).